The van der Waals surface area contributed by atoms with E-state index < -0.39 is 12.4 Å². The average Bonchev–Trinajstić information content (AvgIpc) is 3.08. The largest absolute Gasteiger partial charge is 0.390 e. The molecule has 0 bridgehead atoms. The Kier molecular flexibility index (Phi) is 6.73. The van der Waals surface area contributed by atoms with Crippen molar-refractivity contribution in [1.82, 2.24) is 0 Å². The number of rotatable bonds is 7. The molecular weight excluding hydrogens is 356 g/mol. The Morgan fingerprint density at radius 3 is 1.89 bits per heavy atom. The van der Waals surface area contributed by atoms with E-state index in [4.69, 9.17) is 18.9 Å². The average molecular weight is 384 g/mol. The third kappa shape index (κ3) is 4.80. The van der Waals surface area contributed by atoms with Gasteiger partial charge >= 0.3 is 0 Å². The van der Waals surface area contributed by atoms with E-state index >= 15 is 0 Å². The van der Waals surface area contributed by atoms with Crippen LogP contribution in [0, 0.1) is 5.92 Å². The van der Waals surface area contributed by atoms with Gasteiger partial charge in [0.05, 0.1) is 50.7 Å². The van der Waals surface area contributed by atoms with Crippen LogP contribution in [0.25, 0.3) is 0 Å². The quantitative estimate of drug-likeness (QED) is 0.794. The fourth-order valence-corrected chi connectivity index (χ4v) is 3.96. The summed E-state index contributed by atoms with van der Waals surface area (Å²) in [5.74, 6) is -0.259. The van der Waals surface area contributed by atoms with Gasteiger partial charge in [0.15, 0.2) is 6.29 Å². The first-order valence-electron chi connectivity index (χ1n) is 10.0. The van der Waals surface area contributed by atoms with Crippen molar-refractivity contribution >= 4 is 0 Å². The molecule has 0 unspecified atom stereocenters. The van der Waals surface area contributed by atoms with Crippen LogP contribution in [0.2, 0.25) is 0 Å². The molecule has 0 radical (unpaired) electrons. The Morgan fingerprint density at radius 2 is 1.32 bits per heavy atom. The second-order valence-electron chi connectivity index (χ2n) is 7.44. The molecule has 28 heavy (non-hydrogen) atoms. The zero-order chi connectivity index (χ0) is 19.2. The second kappa shape index (κ2) is 9.63. The maximum absolute atomic E-state index is 11.0. The minimum atomic E-state index is -0.687. The van der Waals surface area contributed by atoms with Crippen LogP contribution in [-0.2, 0) is 32.2 Å². The van der Waals surface area contributed by atoms with Crippen molar-refractivity contribution in [3.63, 3.8) is 0 Å². The van der Waals surface area contributed by atoms with E-state index in [-0.39, 0.29) is 18.1 Å². The Hall–Kier alpha value is -1.76. The molecule has 1 saturated carbocycles. The van der Waals surface area contributed by atoms with E-state index in [2.05, 4.69) is 0 Å². The number of hydrogen-bond acceptors (Lipinski definition) is 5. The molecule has 5 nitrogen and oxygen atoms in total. The Labute approximate surface area is 166 Å². The fourth-order valence-electron chi connectivity index (χ4n) is 3.96. The molecule has 150 valence electrons. The first kappa shape index (κ1) is 19.6. The van der Waals surface area contributed by atoms with Crippen LogP contribution >= 0.6 is 0 Å². The van der Waals surface area contributed by atoms with Crippen LogP contribution in [0.5, 0.6) is 0 Å². The Bertz CT molecular complexity index is 701. The Balaban J connectivity index is 1.42. The highest BCUT2D eigenvalue weighted by Crippen LogP contribution is 2.37. The van der Waals surface area contributed by atoms with Crippen LogP contribution in [0.4, 0.5) is 0 Å². The predicted molar refractivity (Wildman–Crippen MR) is 104 cm³/mol. The number of benzene rings is 2. The van der Waals surface area contributed by atoms with Gasteiger partial charge in [0.25, 0.3) is 0 Å². The molecule has 0 spiro atoms. The minimum absolute atomic E-state index is 0.181. The van der Waals surface area contributed by atoms with Crippen molar-refractivity contribution in [3.8, 4) is 0 Å². The van der Waals surface area contributed by atoms with Crippen molar-refractivity contribution in [1.29, 1.82) is 0 Å². The van der Waals surface area contributed by atoms with E-state index in [1.807, 2.05) is 60.7 Å². The standard InChI is InChI=1S/C23H28O5/c24-22-20(28-16-18-10-5-2-6-11-18)14-19(21(22)23-25-12-7-13-26-23)27-15-17-8-3-1-4-9-17/h1-6,8-11,19-24H,7,12-16H2/t19-,20+,21-,22-/m0/s1. The lowest BCUT2D eigenvalue weighted by molar-refractivity contribution is -0.235. The van der Waals surface area contributed by atoms with Crippen molar-refractivity contribution in [2.75, 3.05) is 13.2 Å². The molecule has 0 amide bonds. The summed E-state index contributed by atoms with van der Waals surface area (Å²) >= 11 is 0. The van der Waals surface area contributed by atoms with E-state index in [1.165, 1.54) is 0 Å². The monoisotopic (exact) mass is 384 g/mol. The van der Waals surface area contributed by atoms with Gasteiger partial charge in [-0.25, -0.2) is 0 Å². The number of aliphatic hydroxyl groups excluding tert-OH is 1. The second-order valence-corrected chi connectivity index (χ2v) is 7.44. The lowest BCUT2D eigenvalue weighted by atomic mass is 10.0. The highest BCUT2D eigenvalue weighted by Gasteiger charge is 2.49. The fraction of sp³-hybridized carbons (Fsp3) is 0.478. The molecule has 1 N–H and O–H groups in total. The highest BCUT2D eigenvalue weighted by atomic mass is 16.7. The molecule has 0 aromatic heterocycles. The van der Waals surface area contributed by atoms with Crippen molar-refractivity contribution < 1.29 is 24.1 Å². The third-order valence-electron chi connectivity index (χ3n) is 5.45. The summed E-state index contributed by atoms with van der Waals surface area (Å²) in [5, 5.41) is 11.0. The van der Waals surface area contributed by atoms with Crippen LogP contribution in [0.1, 0.15) is 24.0 Å². The summed E-state index contributed by atoms with van der Waals surface area (Å²) in [6.45, 7) is 2.25. The summed E-state index contributed by atoms with van der Waals surface area (Å²) in [7, 11) is 0. The maximum Gasteiger partial charge on any atom is 0.165 e. The molecule has 1 aliphatic heterocycles. The summed E-state index contributed by atoms with van der Waals surface area (Å²) in [5.41, 5.74) is 2.19. The first-order chi connectivity index (χ1) is 13.8. The zero-order valence-electron chi connectivity index (χ0n) is 16.0. The summed E-state index contributed by atoms with van der Waals surface area (Å²) < 4.78 is 23.9. The first-order valence-corrected chi connectivity index (χ1v) is 10.0. The van der Waals surface area contributed by atoms with Gasteiger partial charge in [0.2, 0.25) is 0 Å². The van der Waals surface area contributed by atoms with Gasteiger partial charge in [0, 0.05) is 6.42 Å². The van der Waals surface area contributed by atoms with Gasteiger partial charge in [0.1, 0.15) is 0 Å². The van der Waals surface area contributed by atoms with Crippen molar-refractivity contribution in [2.45, 2.75) is 50.7 Å². The molecule has 1 aliphatic carbocycles. The predicted octanol–water partition coefficient (Wildman–Crippen LogP) is 3.30. The summed E-state index contributed by atoms with van der Waals surface area (Å²) in [6.07, 6.45) is -0.126. The number of hydrogen-bond donors (Lipinski definition) is 1. The molecule has 2 aromatic carbocycles. The van der Waals surface area contributed by atoms with E-state index in [0.717, 1.165) is 17.5 Å². The number of aliphatic hydroxyl groups is 1. The molecule has 1 saturated heterocycles. The Morgan fingerprint density at radius 1 is 0.786 bits per heavy atom. The van der Waals surface area contributed by atoms with Crippen LogP contribution < -0.4 is 0 Å². The van der Waals surface area contributed by atoms with Crippen LogP contribution in [0.3, 0.4) is 0 Å². The highest BCUT2D eigenvalue weighted by molar-refractivity contribution is 5.14. The lowest BCUT2D eigenvalue weighted by Crippen LogP contribution is -2.43. The smallest absolute Gasteiger partial charge is 0.165 e. The van der Waals surface area contributed by atoms with Crippen LogP contribution in [0.15, 0.2) is 60.7 Å². The number of ether oxygens (including phenoxy) is 4. The van der Waals surface area contributed by atoms with E-state index in [0.29, 0.717) is 32.8 Å². The molecule has 4 rings (SSSR count). The van der Waals surface area contributed by atoms with E-state index in [1.54, 1.807) is 0 Å². The molecule has 4 atom stereocenters. The molecule has 1 heterocycles. The van der Waals surface area contributed by atoms with Crippen molar-refractivity contribution in [2.24, 2.45) is 5.92 Å². The van der Waals surface area contributed by atoms with Gasteiger partial charge < -0.3 is 24.1 Å². The summed E-state index contributed by atoms with van der Waals surface area (Å²) in [6, 6.07) is 20.1. The maximum atomic E-state index is 11.0. The van der Waals surface area contributed by atoms with Gasteiger partial charge in [-0.15, -0.1) is 0 Å². The molecule has 2 aliphatic rings. The van der Waals surface area contributed by atoms with Gasteiger partial charge in [-0.1, -0.05) is 60.7 Å². The summed E-state index contributed by atoms with van der Waals surface area (Å²) in [4.78, 5) is 0. The molecular formula is C23H28O5. The minimum Gasteiger partial charge on any atom is -0.390 e. The van der Waals surface area contributed by atoms with Gasteiger partial charge in [-0.05, 0) is 17.5 Å². The molecule has 5 heteroatoms. The van der Waals surface area contributed by atoms with E-state index in [9.17, 15) is 5.11 Å². The lowest BCUT2D eigenvalue weighted by Gasteiger charge is -2.33. The van der Waals surface area contributed by atoms with Crippen LogP contribution in [-0.4, -0.2) is 42.9 Å². The molecule has 2 aromatic rings. The normalized spacial score (nSPS) is 28.5. The zero-order valence-corrected chi connectivity index (χ0v) is 16.0. The van der Waals surface area contributed by atoms with Gasteiger partial charge in [-0.2, -0.15) is 0 Å². The van der Waals surface area contributed by atoms with Gasteiger partial charge in [-0.3, -0.25) is 0 Å². The SMILES string of the molecule is O[C@@H]1[C@@H](C2OCCCO2)[C@@H](OCc2ccccc2)C[C@H]1OCc1ccccc1. The molecule has 2 fully saturated rings. The topological polar surface area (TPSA) is 57.2 Å². The van der Waals surface area contributed by atoms with Crippen molar-refractivity contribution in [3.05, 3.63) is 71.8 Å². The third-order valence-corrected chi connectivity index (χ3v) is 5.45.